The number of aromatic amines is 1. The van der Waals surface area contributed by atoms with Gasteiger partial charge in [0.1, 0.15) is 0 Å². The SMILES string of the molecule is CCC(CCCl)NS(=O)(=O)c1cnc[nH]1. The zero-order chi connectivity index (χ0) is 11.3. The van der Waals surface area contributed by atoms with Crippen LogP contribution in [0.15, 0.2) is 17.6 Å². The molecule has 1 heterocycles. The van der Waals surface area contributed by atoms with Crippen LogP contribution in [-0.2, 0) is 10.0 Å². The molecule has 86 valence electrons. The molecule has 1 atom stereocenters. The minimum absolute atomic E-state index is 0.0792. The number of aromatic nitrogens is 2. The van der Waals surface area contributed by atoms with Gasteiger partial charge in [-0.1, -0.05) is 6.92 Å². The second-order valence-corrected chi connectivity index (χ2v) is 5.18. The molecule has 0 radical (unpaired) electrons. The van der Waals surface area contributed by atoms with Crippen LogP contribution in [0, 0.1) is 0 Å². The van der Waals surface area contributed by atoms with Gasteiger partial charge in [-0.3, -0.25) is 0 Å². The fourth-order valence-corrected chi connectivity index (χ4v) is 2.67. The van der Waals surface area contributed by atoms with E-state index in [2.05, 4.69) is 14.7 Å². The first kappa shape index (κ1) is 12.5. The van der Waals surface area contributed by atoms with Crippen molar-refractivity contribution < 1.29 is 8.42 Å². The Kier molecular flexibility index (Phi) is 4.56. The zero-order valence-corrected chi connectivity index (χ0v) is 9.98. The Balaban J connectivity index is 2.72. The topological polar surface area (TPSA) is 74.8 Å². The molecule has 0 aliphatic rings. The van der Waals surface area contributed by atoms with Crippen LogP contribution in [0.3, 0.4) is 0 Å². The van der Waals surface area contributed by atoms with Gasteiger partial charge in [-0.2, -0.15) is 0 Å². The quantitative estimate of drug-likeness (QED) is 0.744. The van der Waals surface area contributed by atoms with E-state index in [1.165, 1.54) is 12.5 Å². The molecule has 1 rings (SSSR count). The summed E-state index contributed by atoms with van der Waals surface area (Å²) in [6.07, 6.45) is 3.93. The maximum absolute atomic E-state index is 11.7. The van der Waals surface area contributed by atoms with E-state index in [0.29, 0.717) is 18.7 Å². The highest BCUT2D eigenvalue weighted by atomic mass is 35.5. The molecule has 0 amide bonds. The molecule has 0 aromatic carbocycles. The predicted molar refractivity (Wildman–Crippen MR) is 58.3 cm³/mol. The van der Waals surface area contributed by atoms with Crippen LogP contribution in [0.25, 0.3) is 0 Å². The maximum Gasteiger partial charge on any atom is 0.257 e. The largest absolute Gasteiger partial charge is 0.335 e. The lowest BCUT2D eigenvalue weighted by Gasteiger charge is -2.14. The van der Waals surface area contributed by atoms with Gasteiger partial charge < -0.3 is 4.98 Å². The minimum Gasteiger partial charge on any atom is -0.335 e. The van der Waals surface area contributed by atoms with Crippen LogP contribution in [0.2, 0.25) is 0 Å². The molecule has 2 N–H and O–H groups in total. The number of nitrogens with one attached hydrogen (secondary N) is 2. The summed E-state index contributed by atoms with van der Waals surface area (Å²) in [6, 6.07) is -0.129. The van der Waals surface area contributed by atoms with E-state index in [9.17, 15) is 8.42 Å². The van der Waals surface area contributed by atoms with Gasteiger partial charge in [0.2, 0.25) is 0 Å². The number of alkyl halides is 1. The summed E-state index contributed by atoms with van der Waals surface area (Å²) in [7, 11) is -3.48. The Morgan fingerprint density at radius 1 is 1.67 bits per heavy atom. The maximum atomic E-state index is 11.7. The normalized spacial score (nSPS) is 14.0. The molecule has 0 spiro atoms. The van der Waals surface area contributed by atoms with Crippen molar-refractivity contribution in [2.24, 2.45) is 0 Å². The Morgan fingerprint density at radius 3 is 2.87 bits per heavy atom. The minimum atomic E-state index is -3.48. The summed E-state index contributed by atoms with van der Waals surface area (Å²) in [5.41, 5.74) is 0. The van der Waals surface area contributed by atoms with Crippen LogP contribution in [0.4, 0.5) is 0 Å². The number of rotatable bonds is 6. The van der Waals surface area contributed by atoms with Crippen molar-refractivity contribution in [2.75, 3.05) is 5.88 Å². The molecule has 0 saturated heterocycles. The number of hydrogen-bond donors (Lipinski definition) is 2. The number of H-pyrrole nitrogens is 1. The van der Waals surface area contributed by atoms with E-state index >= 15 is 0 Å². The molecule has 0 saturated carbocycles. The molecule has 15 heavy (non-hydrogen) atoms. The Morgan fingerprint density at radius 2 is 2.40 bits per heavy atom. The van der Waals surface area contributed by atoms with Crippen LogP contribution >= 0.6 is 11.6 Å². The van der Waals surface area contributed by atoms with Gasteiger partial charge in [-0.25, -0.2) is 18.1 Å². The number of sulfonamides is 1. The molecular formula is C8H14ClN3O2S. The summed E-state index contributed by atoms with van der Waals surface area (Å²) in [5, 5.41) is 0.0792. The van der Waals surface area contributed by atoms with E-state index in [-0.39, 0.29) is 11.1 Å². The van der Waals surface area contributed by atoms with Crippen molar-refractivity contribution in [3.63, 3.8) is 0 Å². The second kappa shape index (κ2) is 5.48. The summed E-state index contributed by atoms with van der Waals surface area (Å²) >= 11 is 5.57. The van der Waals surface area contributed by atoms with Crippen molar-refractivity contribution in [3.05, 3.63) is 12.5 Å². The Bertz CT molecular complexity index is 377. The molecule has 0 aliphatic carbocycles. The first-order valence-corrected chi connectivity index (χ1v) is 6.68. The zero-order valence-electron chi connectivity index (χ0n) is 8.40. The smallest absolute Gasteiger partial charge is 0.257 e. The van der Waals surface area contributed by atoms with E-state index in [1.54, 1.807) is 0 Å². The van der Waals surface area contributed by atoms with E-state index < -0.39 is 10.0 Å². The van der Waals surface area contributed by atoms with Crippen molar-refractivity contribution in [1.82, 2.24) is 14.7 Å². The average molecular weight is 252 g/mol. The average Bonchev–Trinajstić information content (AvgIpc) is 2.70. The molecule has 1 unspecified atom stereocenters. The van der Waals surface area contributed by atoms with Crippen LogP contribution in [0.5, 0.6) is 0 Å². The number of nitrogens with zero attached hydrogens (tertiary/aromatic N) is 1. The van der Waals surface area contributed by atoms with Gasteiger partial charge in [0.15, 0.2) is 5.03 Å². The van der Waals surface area contributed by atoms with Gasteiger partial charge in [-0.05, 0) is 12.8 Å². The van der Waals surface area contributed by atoms with Crippen molar-refractivity contribution >= 4 is 21.6 Å². The van der Waals surface area contributed by atoms with E-state index in [4.69, 9.17) is 11.6 Å². The fourth-order valence-electron chi connectivity index (χ4n) is 1.15. The van der Waals surface area contributed by atoms with Crippen molar-refractivity contribution in [2.45, 2.75) is 30.8 Å². The highest BCUT2D eigenvalue weighted by Crippen LogP contribution is 2.07. The first-order chi connectivity index (χ1) is 7.10. The van der Waals surface area contributed by atoms with Gasteiger partial charge in [0, 0.05) is 11.9 Å². The molecule has 1 aromatic rings. The highest BCUT2D eigenvalue weighted by molar-refractivity contribution is 7.89. The second-order valence-electron chi connectivity index (χ2n) is 3.12. The molecule has 5 nitrogen and oxygen atoms in total. The summed E-state index contributed by atoms with van der Waals surface area (Å²) in [6.45, 7) is 1.91. The third-order valence-corrected chi connectivity index (χ3v) is 3.70. The van der Waals surface area contributed by atoms with Gasteiger partial charge >= 0.3 is 0 Å². The third kappa shape index (κ3) is 3.48. The molecular weight excluding hydrogens is 238 g/mol. The molecule has 0 bridgehead atoms. The fraction of sp³-hybridized carbons (Fsp3) is 0.625. The highest BCUT2D eigenvalue weighted by Gasteiger charge is 2.19. The van der Waals surface area contributed by atoms with Gasteiger partial charge in [0.25, 0.3) is 10.0 Å². The first-order valence-electron chi connectivity index (χ1n) is 4.66. The van der Waals surface area contributed by atoms with E-state index in [0.717, 1.165) is 0 Å². The lowest BCUT2D eigenvalue weighted by Crippen LogP contribution is -2.34. The standard InChI is InChI=1S/C8H14ClN3O2S/c1-2-7(3-4-9)12-15(13,14)8-5-10-6-11-8/h5-7,12H,2-4H2,1H3,(H,10,11). The van der Waals surface area contributed by atoms with Crippen LogP contribution < -0.4 is 4.72 Å². The van der Waals surface area contributed by atoms with Crippen molar-refractivity contribution in [3.8, 4) is 0 Å². The lowest BCUT2D eigenvalue weighted by atomic mass is 10.2. The number of imidazole rings is 1. The lowest BCUT2D eigenvalue weighted by molar-refractivity contribution is 0.529. The summed E-state index contributed by atoms with van der Waals surface area (Å²) in [5.74, 6) is 0.435. The number of hydrogen-bond acceptors (Lipinski definition) is 3. The molecule has 0 fully saturated rings. The number of halogens is 1. The monoisotopic (exact) mass is 251 g/mol. The van der Waals surface area contributed by atoms with Gasteiger partial charge in [0.05, 0.1) is 12.5 Å². The Hall–Kier alpha value is -0.590. The predicted octanol–water partition coefficient (Wildman–Crippen LogP) is 1.10. The summed E-state index contributed by atoms with van der Waals surface area (Å²) < 4.78 is 26.0. The van der Waals surface area contributed by atoms with Gasteiger partial charge in [-0.15, -0.1) is 11.6 Å². The van der Waals surface area contributed by atoms with Crippen molar-refractivity contribution in [1.29, 1.82) is 0 Å². The molecule has 7 heteroatoms. The van der Waals surface area contributed by atoms with Crippen LogP contribution in [0.1, 0.15) is 19.8 Å². The third-order valence-electron chi connectivity index (χ3n) is 2.03. The Labute approximate surface area is 94.3 Å². The van der Waals surface area contributed by atoms with Crippen LogP contribution in [-0.4, -0.2) is 30.3 Å². The molecule has 1 aromatic heterocycles. The molecule has 0 aliphatic heterocycles. The van der Waals surface area contributed by atoms with E-state index in [1.807, 2.05) is 6.92 Å². The summed E-state index contributed by atoms with van der Waals surface area (Å²) in [4.78, 5) is 6.22.